The average Bonchev–Trinajstić information content (AvgIpc) is 3.10. The molecule has 1 aromatic carbocycles. The van der Waals surface area contributed by atoms with Gasteiger partial charge in [-0.1, -0.05) is 6.07 Å². The minimum Gasteiger partial charge on any atom is -0.382 e. The molecule has 1 aromatic rings. The molecule has 3 aliphatic heterocycles. The first-order valence-corrected chi connectivity index (χ1v) is 12.4. The van der Waals surface area contributed by atoms with Crippen LogP contribution in [0.25, 0.3) is 0 Å². The van der Waals surface area contributed by atoms with Gasteiger partial charge in [-0.2, -0.15) is 0 Å². The van der Waals surface area contributed by atoms with Gasteiger partial charge < -0.3 is 21.3 Å². The van der Waals surface area contributed by atoms with Crippen molar-refractivity contribution in [2.45, 2.75) is 36.7 Å². The predicted molar refractivity (Wildman–Crippen MR) is 130 cm³/mol. The SMILES string of the molecule is CN1NC(C2CCNCC2F)N(C)C1CNc1cccc(C(=O)NCC2CCNCC2Cl)c1. The van der Waals surface area contributed by atoms with Crippen LogP contribution in [-0.4, -0.2) is 93.1 Å². The molecular weight excluding hydrogens is 445 g/mol. The van der Waals surface area contributed by atoms with Gasteiger partial charge in [0.25, 0.3) is 5.91 Å². The number of benzene rings is 1. The van der Waals surface area contributed by atoms with E-state index >= 15 is 0 Å². The van der Waals surface area contributed by atoms with E-state index in [0.717, 1.165) is 38.2 Å². The summed E-state index contributed by atoms with van der Waals surface area (Å²) in [6, 6.07) is 7.55. The fraction of sp³-hybridized carbons (Fsp3) is 0.696. The first-order valence-electron chi connectivity index (χ1n) is 12.0. The third-order valence-corrected chi connectivity index (χ3v) is 7.75. The molecule has 8 nitrogen and oxygen atoms in total. The lowest BCUT2D eigenvalue weighted by molar-refractivity contribution is 0.0816. The zero-order chi connectivity index (χ0) is 23.4. The number of halogens is 2. The van der Waals surface area contributed by atoms with Crippen LogP contribution in [0.5, 0.6) is 0 Å². The number of rotatable bonds is 7. The molecule has 3 saturated heterocycles. The average molecular weight is 482 g/mol. The highest BCUT2D eigenvalue weighted by molar-refractivity contribution is 6.21. The van der Waals surface area contributed by atoms with Gasteiger partial charge in [-0.15, -0.1) is 11.6 Å². The monoisotopic (exact) mass is 481 g/mol. The van der Waals surface area contributed by atoms with Gasteiger partial charge in [0, 0.05) is 50.4 Å². The maximum atomic E-state index is 14.5. The normalized spacial score (nSPS) is 33.7. The van der Waals surface area contributed by atoms with E-state index in [1.165, 1.54) is 0 Å². The number of hydrogen-bond acceptors (Lipinski definition) is 7. The van der Waals surface area contributed by atoms with Gasteiger partial charge >= 0.3 is 0 Å². The van der Waals surface area contributed by atoms with Gasteiger partial charge in [0.2, 0.25) is 0 Å². The highest BCUT2D eigenvalue weighted by atomic mass is 35.5. The van der Waals surface area contributed by atoms with Crippen molar-refractivity contribution in [2.24, 2.45) is 11.8 Å². The molecule has 10 heteroatoms. The second kappa shape index (κ2) is 11.3. The highest BCUT2D eigenvalue weighted by Gasteiger charge is 2.42. The van der Waals surface area contributed by atoms with Gasteiger partial charge in [-0.05, 0) is 57.1 Å². The van der Waals surface area contributed by atoms with Gasteiger partial charge in [0.15, 0.2) is 0 Å². The second-order valence-corrected chi connectivity index (χ2v) is 10.0. The Labute approximate surface area is 200 Å². The number of hydrazine groups is 1. The minimum absolute atomic E-state index is 0.0308. The molecule has 5 N–H and O–H groups in total. The van der Waals surface area contributed by atoms with Gasteiger partial charge in [0.05, 0.1) is 17.7 Å². The smallest absolute Gasteiger partial charge is 0.251 e. The van der Waals surface area contributed by atoms with Crippen LogP contribution < -0.4 is 26.7 Å². The van der Waals surface area contributed by atoms with Crippen molar-refractivity contribution in [1.29, 1.82) is 0 Å². The van der Waals surface area contributed by atoms with Gasteiger partial charge in [0.1, 0.15) is 6.17 Å². The summed E-state index contributed by atoms with van der Waals surface area (Å²) in [4.78, 5) is 14.9. The maximum absolute atomic E-state index is 14.5. The molecule has 3 fully saturated rings. The molecule has 0 saturated carbocycles. The number of anilines is 1. The molecule has 184 valence electrons. The van der Waals surface area contributed by atoms with Crippen molar-refractivity contribution in [3.05, 3.63) is 29.8 Å². The number of piperidine rings is 2. The number of likely N-dealkylation sites (N-methyl/N-ethyl adjacent to an activating group) is 2. The Morgan fingerprint density at radius 3 is 2.76 bits per heavy atom. The number of hydrogen-bond donors (Lipinski definition) is 5. The van der Waals surface area contributed by atoms with Crippen LogP contribution in [0.1, 0.15) is 23.2 Å². The number of alkyl halides is 2. The summed E-state index contributed by atoms with van der Waals surface area (Å²) in [6.07, 6.45) is 0.962. The first kappa shape index (κ1) is 24.6. The van der Waals surface area contributed by atoms with Crippen LogP contribution >= 0.6 is 11.6 Å². The molecule has 4 rings (SSSR count). The maximum Gasteiger partial charge on any atom is 0.251 e. The summed E-state index contributed by atoms with van der Waals surface area (Å²) in [7, 11) is 4.03. The molecule has 33 heavy (non-hydrogen) atoms. The third kappa shape index (κ3) is 5.96. The fourth-order valence-electron chi connectivity index (χ4n) is 5.13. The van der Waals surface area contributed by atoms with E-state index in [2.05, 4.69) is 31.6 Å². The Balaban J connectivity index is 1.30. The minimum atomic E-state index is -0.854. The van der Waals surface area contributed by atoms with E-state index in [0.29, 0.717) is 25.2 Å². The molecule has 6 atom stereocenters. The van der Waals surface area contributed by atoms with Crippen molar-refractivity contribution in [3.8, 4) is 0 Å². The van der Waals surface area contributed by atoms with Gasteiger partial charge in [-0.3, -0.25) is 9.69 Å². The van der Waals surface area contributed by atoms with Crippen LogP contribution in [0.15, 0.2) is 24.3 Å². The molecule has 3 heterocycles. The van der Waals surface area contributed by atoms with Crippen molar-refractivity contribution in [3.63, 3.8) is 0 Å². The predicted octanol–water partition coefficient (Wildman–Crippen LogP) is 1.03. The van der Waals surface area contributed by atoms with Crippen LogP contribution in [0, 0.1) is 11.8 Å². The second-order valence-electron chi connectivity index (χ2n) is 9.44. The molecule has 0 aromatic heterocycles. The van der Waals surface area contributed by atoms with E-state index < -0.39 is 6.17 Å². The summed E-state index contributed by atoms with van der Waals surface area (Å²) < 4.78 is 14.5. The first-order chi connectivity index (χ1) is 15.9. The summed E-state index contributed by atoms with van der Waals surface area (Å²) in [5.41, 5.74) is 4.95. The number of carbonyl (C=O) groups is 1. The zero-order valence-corrected chi connectivity index (χ0v) is 20.2. The number of carbonyl (C=O) groups excluding carboxylic acids is 1. The Hall–Kier alpha value is -1.49. The molecular formula is C23H37ClFN7O. The Morgan fingerprint density at radius 2 is 1.97 bits per heavy atom. The number of nitrogens with zero attached hydrogens (tertiary/aromatic N) is 2. The lowest BCUT2D eigenvalue weighted by Crippen LogP contribution is -2.51. The van der Waals surface area contributed by atoms with Gasteiger partial charge in [-0.25, -0.2) is 14.8 Å². The Kier molecular flexibility index (Phi) is 8.43. The third-order valence-electron chi connectivity index (χ3n) is 7.24. The molecule has 3 aliphatic rings. The zero-order valence-electron chi connectivity index (χ0n) is 19.5. The van der Waals surface area contributed by atoms with E-state index in [4.69, 9.17) is 11.6 Å². The molecule has 0 aliphatic carbocycles. The van der Waals surface area contributed by atoms with Crippen molar-refractivity contribution >= 4 is 23.2 Å². The highest BCUT2D eigenvalue weighted by Crippen LogP contribution is 2.27. The van der Waals surface area contributed by atoms with E-state index in [1.807, 2.05) is 43.4 Å². The lowest BCUT2D eigenvalue weighted by Gasteiger charge is -2.35. The topological polar surface area (TPSA) is 83.7 Å². The van der Waals surface area contributed by atoms with Crippen LogP contribution in [0.3, 0.4) is 0 Å². The molecule has 1 amide bonds. The van der Waals surface area contributed by atoms with Crippen LogP contribution in [0.2, 0.25) is 0 Å². The fourth-order valence-corrected chi connectivity index (χ4v) is 5.45. The Bertz CT molecular complexity index is 802. The van der Waals surface area contributed by atoms with E-state index in [-0.39, 0.29) is 35.5 Å². The number of nitrogens with one attached hydrogen (secondary N) is 5. The van der Waals surface area contributed by atoms with Crippen LogP contribution in [-0.2, 0) is 0 Å². The van der Waals surface area contributed by atoms with E-state index in [1.54, 1.807) is 0 Å². The molecule has 0 bridgehead atoms. The summed E-state index contributed by atoms with van der Waals surface area (Å²) in [6.45, 7) is 4.22. The van der Waals surface area contributed by atoms with Crippen molar-refractivity contribution < 1.29 is 9.18 Å². The molecule has 0 radical (unpaired) electrons. The summed E-state index contributed by atoms with van der Waals surface area (Å²) in [5.74, 6) is 0.164. The van der Waals surface area contributed by atoms with Crippen LogP contribution in [0.4, 0.5) is 10.1 Å². The quantitative estimate of drug-likeness (QED) is 0.372. The Morgan fingerprint density at radius 1 is 1.18 bits per heavy atom. The van der Waals surface area contributed by atoms with Crippen molar-refractivity contribution in [2.75, 3.05) is 58.7 Å². The molecule has 6 unspecified atom stereocenters. The number of amides is 1. The lowest BCUT2D eigenvalue weighted by atomic mass is 9.92. The summed E-state index contributed by atoms with van der Waals surface area (Å²) in [5, 5.41) is 15.0. The molecule has 0 spiro atoms. The summed E-state index contributed by atoms with van der Waals surface area (Å²) >= 11 is 6.37. The van der Waals surface area contributed by atoms with Crippen molar-refractivity contribution in [1.82, 2.24) is 31.3 Å². The standard InChI is InChI=1S/C23H37ClFN7O/c1-31-21(32(2)30-22(31)18-7-9-27-13-20(18)25)14-28-17-5-3-4-15(10-17)23(33)29-11-16-6-8-26-12-19(16)24/h3-5,10,16,18-22,26-28,30H,6-9,11-14H2,1-2H3,(H,29,33). The largest absolute Gasteiger partial charge is 0.382 e. The van der Waals surface area contributed by atoms with E-state index in [9.17, 15) is 9.18 Å².